The van der Waals surface area contributed by atoms with Crippen LogP contribution in [0.25, 0.3) is 0 Å². The lowest BCUT2D eigenvalue weighted by atomic mass is 10.2. The van der Waals surface area contributed by atoms with Gasteiger partial charge in [-0.05, 0) is 11.1 Å². The van der Waals surface area contributed by atoms with E-state index in [9.17, 15) is 0 Å². The SMILES string of the molecule is [SiH3]C(OC([SiH3])c1ccccc1)c1ccccc1. The summed E-state index contributed by atoms with van der Waals surface area (Å²) in [6.07, 6.45) is 0. The summed E-state index contributed by atoms with van der Waals surface area (Å²) in [4.78, 5) is 0. The van der Waals surface area contributed by atoms with Gasteiger partial charge in [0, 0.05) is 20.5 Å². The Morgan fingerprint density at radius 2 is 1.00 bits per heavy atom. The second kappa shape index (κ2) is 5.95. The molecule has 0 aliphatic rings. The Labute approximate surface area is 109 Å². The van der Waals surface area contributed by atoms with Crippen LogP contribution in [-0.4, -0.2) is 20.5 Å². The van der Waals surface area contributed by atoms with Gasteiger partial charge in [-0.2, -0.15) is 0 Å². The van der Waals surface area contributed by atoms with E-state index in [-0.39, 0.29) is 0 Å². The second-order valence-corrected chi connectivity index (χ2v) is 6.34. The van der Waals surface area contributed by atoms with Gasteiger partial charge < -0.3 is 4.74 Å². The van der Waals surface area contributed by atoms with Crippen LogP contribution in [0.15, 0.2) is 60.7 Å². The maximum absolute atomic E-state index is 6.15. The van der Waals surface area contributed by atoms with Crippen molar-refractivity contribution in [1.29, 1.82) is 0 Å². The van der Waals surface area contributed by atoms with Crippen molar-refractivity contribution >= 4 is 20.5 Å². The van der Waals surface area contributed by atoms with Gasteiger partial charge in [0.05, 0.1) is 11.5 Å². The van der Waals surface area contributed by atoms with Gasteiger partial charge in [-0.3, -0.25) is 0 Å². The predicted octanol–water partition coefficient (Wildman–Crippen LogP) is 1.13. The zero-order valence-electron chi connectivity index (χ0n) is 10.3. The van der Waals surface area contributed by atoms with E-state index < -0.39 is 0 Å². The highest BCUT2D eigenvalue weighted by atomic mass is 28.2. The molecule has 2 rings (SSSR count). The van der Waals surface area contributed by atoms with Gasteiger partial charge in [0.15, 0.2) is 0 Å². The minimum absolute atomic E-state index is 0.291. The molecule has 17 heavy (non-hydrogen) atoms. The van der Waals surface area contributed by atoms with Gasteiger partial charge in [-0.1, -0.05) is 60.7 Å². The van der Waals surface area contributed by atoms with Crippen LogP contribution < -0.4 is 0 Å². The fourth-order valence-corrected chi connectivity index (χ4v) is 4.04. The third kappa shape index (κ3) is 3.39. The molecule has 0 saturated heterocycles. The maximum atomic E-state index is 6.15. The van der Waals surface area contributed by atoms with Crippen molar-refractivity contribution in [2.45, 2.75) is 11.5 Å². The van der Waals surface area contributed by atoms with Crippen molar-refractivity contribution in [2.24, 2.45) is 0 Å². The van der Waals surface area contributed by atoms with Crippen LogP contribution in [0, 0.1) is 0 Å². The van der Waals surface area contributed by atoms with Crippen LogP contribution >= 0.6 is 0 Å². The molecule has 0 N–H and O–H groups in total. The van der Waals surface area contributed by atoms with E-state index in [1.54, 1.807) is 0 Å². The van der Waals surface area contributed by atoms with E-state index in [4.69, 9.17) is 4.74 Å². The van der Waals surface area contributed by atoms with Crippen LogP contribution in [0.5, 0.6) is 0 Å². The molecule has 0 aromatic heterocycles. The summed E-state index contributed by atoms with van der Waals surface area (Å²) in [6, 6.07) is 21.0. The van der Waals surface area contributed by atoms with Gasteiger partial charge in [0.25, 0.3) is 0 Å². The lowest BCUT2D eigenvalue weighted by Gasteiger charge is -2.20. The summed E-state index contributed by atoms with van der Waals surface area (Å²) in [5.74, 6) is 0. The zero-order chi connectivity index (χ0) is 12.1. The van der Waals surface area contributed by atoms with Gasteiger partial charge in [-0.25, -0.2) is 0 Å². The molecule has 0 bridgehead atoms. The number of hydrogen-bond acceptors (Lipinski definition) is 1. The molecule has 88 valence electrons. The third-order valence-electron chi connectivity index (χ3n) is 2.95. The topological polar surface area (TPSA) is 9.23 Å². The molecule has 0 saturated carbocycles. The molecular formula is C14H18OSi2. The highest BCUT2D eigenvalue weighted by Crippen LogP contribution is 2.22. The number of hydrogen-bond donors (Lipinski definition) is 0. The Morgan fingerprint density at radius 1 is 0.647 bits per heavy atom. The molecule has 2 aromatic rings. The molecule has 2 aromatic carbocycles. The summed E-state index contributed by atoms with van der Waals surface area (Å²) < 4.78 is 6.15. The van der Waals surface area contributed by atoms with Crippen molar-refractivity contribution < 1.29 is 4.74 Å². The third-order valence-corrected chi connectivity index (χ3v) is 4.82. The second-order valence-electron chi connectivity index (χ2n) is 4.24. The Hall–Kier alpha value is -1.17. The molecule has 0 aliphatic carbocycles. The fourth-order valence-electron chi connectivity index (χ4n) is 1.91. The average molecular weight is 258 g/mol. The van der Waals surface area contributed by atoms with Crippen LogP contribution in [0.3, 0.4) is 0 Å². The molecule has 0 heterocycles. The quantitative estimate of drug-likeness (QED) is 0.747. The molecule has 0 fully saturated rings. The number of ether oxygens (including phenoxy) is 1. The lowest BCUT2D eigenvalue weighted by Crippen LogP contribution is -2.10. The van der Waals surface area contributed by atoms with E-state index >= 15 is 0 Å². The lowest BCUT2D eigenvalue weighted by molar-refractivity contribution is 0.0811. The van der Waals surface area contributed by atoms with Gasteiger partial charge in [-0.15, -0.1) is 0 Å². The van der Waals surface area contributed by atoms with Crippen molar-refractivity contribution in [3.05, 3.63) is 71.8 Å². The summed E-state index contributed by atoms with van der Waals surface area (Å²) in [5.41, 5.74) is 3.18. The minimum atomic E-state index is 0.291. The van der Waals surface area contributed by atoms with Gasteiger partial charge in [0.2, 0.25) is 0 Å². The monoisotopic (exact) mass is 258 g/mol. The summed E-state index contributed by atoms with van der Waals surface area (Å²) in [5, 5.41) is 0. The summed E-state index contributed by atoms with van der Waals surface area (Å²) in [7, 11) is 2.05. The van der Waals surface area contributed by atoms with Crippen LogP contribution in [-0.2, 0) is 4.74 Å². The Kier molecular flexibility index (Phi) is 4.31. The van der Waals surface area contributed by atoms with Crippen molar-refractivity contribution in [3.8, 4) is 0 Å². The molecule has 0 spiro atoms. The van der Waals surface area contributed by atoms with E-state index in [1.807, 2.05) is 12.1 Å². The van der Waals surface area contributed by atoms with Crippen LogP contribution in [0.4, 0.5) is 0 Å². The van der Waals surface area contributed by atoms with Crippen LogP contribution in [0.1, 0.15) is 22.6 Å². The standard InChI is InChI=1S/C14H18OSi2/c16-13(11-7-3-1-4-8-11)15-14(17)12-9-5-2-6-10-12/h1-10,13-14H,16-17H3. The molecular weight excluding hydrogens is 240 g/mol. The molecule has 0 amide bonds. The first-order chi connectivity index (χ1) is 8.27. The first-order valence-electron chi connectivity index (χ1n) is 6.02. The normalized spacial score (nSPS) is 14.6. The number of benzene rings is 2. The average Bonchev–Trinajstić information content (AvgIpc) is 2.40. The highest BCUT2D eigenvalue weighted by molar-refractivity contribution is 6.13. The fraction of sp³-hybridized carbons (Fsp3) is 0.143. The van der Waals surface area contributed by atoms with E-state index in [1.165, 1.54) is 11.1 Å². The predicted molar refractivity (Wildman–Crippen MR) is 79.3 cm³/mol. The van der Waals surface area contributed by atoms with Crippen LogP contribution in [0.2, 0.25) is 0 Å². The Bertz CT molecular complexity index is 401. The Balaban J connectivity index is 2.02. The first-order valence-corrected chi connectivity index (χ1v) is 8.33. The minimum Gasteiger partial charge on any atom is -0.375 e. The molecule has 2 atom stereocenters. The Morgan fingerprint density at radius 3 is 1.35 bits per heavy atom. The molecule has 0 radical (unpaired) electrons. The van der Waals surface area contributed by atoms with Gasteiger partial charge in [0.1, 0.15) is 0 Å². The van der Waals surface area contributed by atoms with E-state index in [2.05, 4.69) is 48.5 Å². The molecule has 0 aliphatic heterocycles. The smallest absolute Gasteiger partial charge is 0.0626 e. The molecule has 1 nitrogen and oxygen atoms in total. The molecule has 3 heteroatoms. The van der Waals surface area contributed by atoms with Gasteiger partial charge >= 0.3 is 0 Å². The summed E-state index contributed by atoms with van der Waals surface area (Å²) >= 11 is 0. The highest BCUT2D eigenvalue weighted by Gasteiger charge is 2.11. The van der Waals surface area contributed by atoms with Crippen molar-refractivity contribution in [2.75, 3.05) is 0 Å². The maximum Gasteiger partial charge on any atom is 0.0626 e. The first kappa shape index (κ1) is 12.3. The number of rotatable bonds is 4. The van der Waals surface area contributed by atoms with E-state index in [0.717, 1.165) is 20.5 Å². The largest absolute Gasteiger partial charge is 0.375 e. The summed E-state index contributed by atoms with van der Waals surface area (Å²) in [6.45, 7) is 0. The van der Waals surface area contributed by atoms with Crippen molar-refractivity contribution in [3.63, 3.8) is 0 Å². The molecule has 2 unspecified atom stereocenters. The zero-order valence-corrected chi connectivity index (χ0v) is 14.3. The van der Waals surface area contributed by atoms with Crippen molar-refractivity contribution in [1.82, 2.24) is 0 Å². The van der Waals surface area contributed by atoms with E-state index in [0.29, 0.717) is 11.5 Å².